The van der Waals surface area contributed by atoms with E-state index in [9.17, 15) is 0 Å². The zero-order valence-electron chi connectivity index (χ0n) is 7.57. The SMILES string of the molecule is C=C(C)C(C)NCC(C)C. The van der Waals surface area contributed by atoms with Crippen molar-refractivity contribution in [1.82, 2.24) is 5.32 Å². The molecule has 1 heteroatoms. The lowest BCUT2D eigenvalue weighted by Gasteiger charge is -2.14. The predicted molar refractivity (Wildman–Crippen MR) is 47.1 cm³/mol. The molecule has 0 spiro atoms. The summed E-state index contributed by atoms with van der Waals surface area (Å²) in [4.78, 5) is 0. The molecule has 1 N–H and O–H groups in total. The topological polar surface area (TPSA) is 12.0 Å². The number of hydrogen-bond donors (Lipinski definition) is 1. The molecule has 0 aromatic carbocycles. The summed E-state index contributed by atoms with van der Waals surface area (Å²) in [6.07, 6.45) is 0. The van der Waals surface area contributed by atoms with Gasteiger partial charge < -0.3 is 5.32 Å². The molecule has 10 heavy (non-hydrogen) atoms. The van der Waals surface area contributed by atoms with Gasteiger partial charge in [0.25, 0.3) is 0 Å². The first-order chi connectivity index (χ1) is 4.54. The molecule has 0 heterocycles. The van der Waals surface area contributed by atoms with Crippen molar-refractivity contribution in [2.75, 3.05) is 6.54 Å². The molecule has 1 nitrogen and oxygen atoms in total. The molecular formula is C9H19N. The number of rotatable bonds is 4. The Morgan fingerprint density at radius 2 is 1.90 bits per heavy atom. The highest BCUT2D eigenvalue weighted by Gasteiger charge is 2.00. The van der Waals surface area contributed by atoms with Crippen LogP contribution in [-0.2, 0) is 0 Å². The monoisotopic (exact) mass is 141 g/mol. The van der Waals surface area contributed by atoms with E-state index in [1.54, 1.807) is 0 Å². The van der Waals surface area contributed by atoms with Gasteiger partial charge in [-0.15, -0.1) is 0 Å². The molecule has 0 fully saturated rings. The first kappa shape index (κ1) is 9.70. The molecule has 0 aliphatic rings. The molecule has 0 aliphatic carbocycles. The Labute approximate surface area is 64.5 Å². The highest BCUT2D eigenvalue weighted by atomic mass is 14.9. The van der Waals surface area contributed by atoms with Crippen LogP contribution in [0.1, 0.15) is 27.7 Å². The van der Waals surface area contributed by atoms with Crippen molar-refractivity contribution in [3.8, 4) is 0 Å². The lowest BCUT2D eigenvalue weighted by atomic mass is 10.1. The Morgan fingerprint density at radius 1 is 1.40 bits per heavy atom. The minimum atomic E-state index is 0.461. The second-order valence-corrected chi connectivity index (χ2v) is 3.37. The molecule has 0 aliphatic heterocycles. The molecule has 0 saturated heterocycles. The van der Waals surface area contributed by atoms with Gasteiger partial charge in [0, 0.05) is 6.04 Å². The summed E-state index contributed by atoms with van der Waals surface area (Å²) < 4.78 is 0. The highest BCUT2D eigenvalue weighted by Crippen LogP contribution is 1.97. The fraction of sp³-hybridized carbons (Fsp3) is 0.778. The van der Waals surface area contributed by atoms with Crippen molar-refractivity contribution >= 4 is 0 Å². The van der Waals surface area contributed by atoms with Gasteiger partial charge >= 0.3 is 0 Å². The van der Waals surface area contributed by atoms with Crippen LogP contribution in [0.25, 0.3) is 0 Å². The largest absolute Gasteiger partial charge is 0.310 e. The molecule has 0 radical (unpaired) electrons. The van der Waals surface area contributed by atoms with E-state index >= 15 is 0 Å². The second kappa shape index (κ2) is 4.51. The van der Waals surface area contributed by atoms with Crippen molar-refractivity contribution in [3.05, 3.63) is 12.2 Å². The van der Waals surface area contributed by atoms with Crippen LogP contribution < -0.4 is 5.32 Å². The van der Waals surface area contributed by atoms with Crippen LogP contribution in [0.5, 0.6) is 0 Å². The molecule has 0 rings (SSSR count). The lowest BCUT2D eigenvalue weighted by molar-refractivity contribution is 0.517. The Bertz CT molecular complexity index is 105. The Hall–Kier alpha value is -0.300. The van der Waals surface area contributed by atoms with Crippen molar-refractivity contribution < 1.29 is 0 Å². The molecule has 0 bridgehead atoms. The van der Waals surface area contributed by atoms with E-state index in [2.05, 4.69) is 39.6 Å². The molecule has 1 atom stereocenters. The van der Waals surface area contributed by atoms with Crippen LogP contribution in [0.2, 0.25) is 0 Å². The summed E-state index contributed by atoms with van der Waals surface area (Å²) in [6.45, 7) is 13.6. The average Bonchev–Trinajstić information content (AvgIpc) is 1.82. The van der Waals surface area contributed by atoms with Crippen molar-refractivity contribution in [3.63, 3.8) is 0 Å². The zero-order chi connectivity index (χ0) is 8.15. The van der Waals surface area contributed by atoms with Gasteiger partial charge in [0.05, 0.1) is 0 Å². The van der Waals surface area contributed by atoms with Crippen LogP contribution in [0.15, 0.2) is 12.2 Å². The molecule has 1 unspecified atom stereocenters. The smallest absolute Gasteiger partial charge is 0.0245 e. The maximum absolute atomic E-state index is 3.87. The third-order valence-corrected chi connectivity index (χ3v) is 1.57. The standard InChI is InChI=1S/C9H19N/c1-7(2)6-10-9(5)8(3)4/h7,9-10H,3,6H2,1-2,4-5H3. The second-order valence-electron chi connectivity index (χ2n) is 3.37. The average molecular weight is 141 g/mol. The van der Waals surface area contributed by atoms with Crippen molar-refractivity contribution in [2.24, 2.45) is 5.92 Å². The molecule has 0 saturated carbocycles. The van der Waals surface area contributed by atoms with E-state index < -0.39 is 0 Å². The van der Waals surface area contributed by atoms with Gasteiger partial charge in [-0.25, -0.2) is 0 Å². The summed E-state index contributed by atoms with van der Waals surface area (Å²) in [7, 11) is 0. The maximum Gasteiger partial charge on any atom is 0.0245 e. The molecule has 0 amide bonds. The van der Waals surface area contributed by atoms with Crippen LogP contribution in [-0.4, -0.2) is 12.6 Å². The van der Waals surface area contributed by atoms with Gasteiger partial charge in [-0.1, -0.05) is 26.0 Å². The van der Waals surface area contributed by atoms with Crippen LogP contribution in [0.3, 0.4) is 0 Å². The van der Waals surface area contributed by atoms with Crippen molar-refractivity contribution in [1.29, 1.82) is 0 Å². The Balaban J connectivity index is 3.40. The van der Waals surface area contributed by atoms with Gasteiger partial charge in [-0.2, -0.15) is 0 Å². The molecular weight excluding hydrogens is 122 g/mol. The minimum absolute atomic E-state index is 0.461. The predicted octanol–water partition coefficient (Wildman–Crippen LogP) is 2.20. The summed E-state index contributed by atoms with van der Waals surface area (Å²) in [5, 5.41) is 3.38. The zero-order valence-corrected chi connectivity index (χ0v) is 7.57. The molecule has 0 aromatic heterocycles. The third-order valence-electron chi connectivity index (χ3n) is 1.57. The molecule has 0 aromatic rings. The lowest BCUT2D eigenvalue weighted by Crippen LogP contribution is -2.29. The van der Waals surface area contributed by atoms with E-state index in [4.69, 9.17) is 0 Å². The quantitative estimate of drug-likeness (QED) is 0.592. The fourth-order valence-corrected chi connectivity index (χ4v) is 0.587. The van der Waals surface area contributed by atoms with Gasteiger partial charge in [0.2, 0.25) is 0 Å². The van der Waals surface area contributed by atoms with Gasteiger partial charge in [-0.05, 0) is 26.3 Å². The third kappa shape index (κ3) is 4.57. The summed E-state index contributed by atoms with van der Waals surface area (Å²) >= 11 is 0. The summed E-state index contributed by atoms with van der Waals surface area (Å²) in [6, 6.07) is 0.461. The summed E-state index contributed by atoms with van der Waals surface area (Å²) in [5.74, 6) is 0.724. The van der Waals surface area contributed by atoms with Crippen LogP contribution in [0, 0.1) is 5.92 Å². The first-order valence-electron chi connectivity index (χ1n) is 3.92. The highest BCUT2D eigenvalue weighted by molar-refractivity contribution is 4.98. The van der Waals surface area contributed by atoms with E-state index in [1.807, 2.05) is 0 Å². The Morgan fingerprint density at radius 3 is 2.20 bits per heavy atom. The van der Waals surface area contributed by atoms with Gasteiger partial charge in [0.1, 0.15) is 0 Å². The van der Waals surface area contributed by atoms with E-state index in [1.165, 1.54) is 5.57 Å². The van der Waals surface area contributed by atoms with Gasteiger partial charge in [-0.3, -0.25) is 0 Å². The fourth-order valence-electron chi connectivity index (χ4n) is 0.587. The van der Waals surface area contributed by atoms with E-state index in [0.717, 1.165) is 12.5 Å². The van der Waals surface area contributed by atoms with Gasteiger partial charge in [0.15, 0.2) is 0 Å². The van der Waals surface area contributed by atoms with Crippen LogP contribution in [0.4, 0.5) is 0 Å². The Kier molecular flexibility index (Phi) is 4.37. The minimum Gasteiger partial charge on any atom is -0.310 e. The number of hydrogen-bond acceptors (Lipinski definition) is 1. The van der Waals surface area contributed by atoms with E-state index in [0.29, 0.717) is 6.04 Å². The number of nitrogens with one attached hydrogen (secondary N) is 1. The normalized spacial score (nSPS) is 13.7. The maximum atomic E-state index is 3.87. The van der Waals surface area contributed by atoms with Crippen LogP contribution >= 0.6 is 0 Å². The van der Waals surface area contributed by atoms with E-state index in [-0.39, 0.29) is 0 Å². The molecule has 60 valence electrons. The summed E-state index contributed by atoms with van der Waals surface area (Å²) in [5.41, 5.74) is 1.21. The first-order valence-corrected chi connectivity index (χ1v) is 3.92. The van der Waals surface area contributed by atoms with Crippen molar-refractivity contribution in [2.45, 2.75) is 33.7 Å².